The fourth-order valence-corrected chi connectivity index (χ4v) is 2.63. The molecule has 1 aromatic carbocycles. The number of amides is 1. The number of benzene rings is 1. The highest BCUT2D eigenvalue weighted by molar-refractivity contribution is 6.30. The van der Waals surface area contributed by atoms with Gasteiger partial charge in [0.25, 0.3) is 5.91 Å². The van der Waals surface area contributed by atoms with E-state index in [9.17, 15) is 4.79 Å². The third kappa shape index (κ3) is 3.71. The van der Waals surface area contributed by atoms with Gasteiger partial charge in [-0.05, 0) is 24.1 Å². The molecule has 2 heterocycles. The van der Waals surface area contributed by atoms with Gasteiger partial charge in [-0.2, -0.15) is 5.10 Å². The molecular weight excluding hydrogens is 340 g/mol. The number of aryl methyl sites for hydroxylation is 1. The Morgan fingerprint density at radius 3 is 2.64 bits per heavy atom. The van der Waals surface area contributed by atoms with Crippen molar-refractivity contribution in [3.63, 3.8) is 0 Å². The standard InChI is InChI=1S/C17H19ClN6O/c1-23(2)15-13-10-20-24(3)16(13)22-14(21-15)17(25)19-9-8-11-4-6-12(18)7-5-11/h4-7,10H,8-9H2,1-3H3,(H,19,25). The normalized spacial score (nSPS) is 10.9. The Kier molecular flexibility index (Phi) is 4.85. The van der Waals surface area contributed by atoms with E-state index in [-0.39, 0.29) is 11.7 Å². The van der Waals surface area contributed by atoms with E-state index in [1.807, 2.05) is 43.3 Å². The topological polar surface area (TPSA) is 75.9 Å². The molecule has 25 heavy (non-hydrogen) atoms. The van der Waals surface area contributed by atoms with Crippen molar-refractivity contribution in [2.24, 2.45) is 7.05 Å². The number of rotatable bonds is 5. The van der Waals surface area contributed by atoms with Gasteiger partial charge >= 0.3 is 0 Å². The summed E-state index contributed by atoms with van der Waals surface area (Å²) in [7, 11) is 5.53. The molecule has 0 spiro atoms. The second kappa shape index (κ2) is 7.06. The number of nitrogens with zero attached hydrogens (tertiary/aromatic N) is 5. The van der Waals surface area contributed by atoms with Crippen molar-refractivity contribution in [3.8, 4) is 0 Å². The van der Waals surface area contributed by atoms with Crippen LogP contribution in [0.25, 0.3) is 11.0 Å². The Morgan fingerprint density at radius 2 is 1.96 bits per heavy atom. The van der Waals surface area contributed by atoms with Gasteiger partial charge in [-0.1, -0.05) is 23.7 Å². The SMILES string of the molecule is CN(C)c1nc(C(=O)NCCc2ccc(Cl)cc2)nc2c1cnn2C. The van der Waals surface area contributed by atoms with E-state index in [1.165, 1.54) is 0 Å². The molecule has 0 aliphatic heterocycles. The summed E-state index contributed by atoms with van der Waals surface area (Å²) >= 11 is 5.87. The second-order valence-electron chi connectivity index (χ2n) is 5.90. The van der Waals surface area contributed by atoms with Crippen molar-refractivity contribution in [1.82, 2.24) is 25.1 Å². The van der Waals surface area contributed by atoms with Crippen molar-refractivity contribution in [3.05, 3.63) is 46.9 Å². The number of hydrogen-bond donors (Lipinski definition) is 1. The van der Waals surface area contributed by atoms with Gasteiger partial charge in [0.2, 0.25) is 5.82 Å². The molecule has 1 N–H and O–H groups in total. The molecule has 0 saturated heterocycles. The highest BCUT2D eigenvalue weighted by Crippen LogP contribution is 2.21. The lowest BCUT2D eigenvalue weighted by Crippen LogP contribution is -2.28. The molecule has 0 saturated carbocycles. The van der Waals surface area contributed by atoms with Crippen molar-refractivity contribution in [2.75, 3.05) is 25.5 Å². The lowest BCUT2D eigenvalue weighted by atomic mass is 10.1. The largest absolute Gasteiger partial charge is 0.362 e. The Labute approximate surface area is 150 Å². The molecule has 0 bridgehead atoms. The molecule has 130 valence electrons. The molecule has 0 unspecified atom stereocenters. The Bertz CT molecular complexity index is 903. The summed E-state index contributed by atoms with van der Waals surface area (Å²) in [6.45, 7) is 0.491. The molecule has 1 amide bonds. The number of carbonyl (C=O) groups excluding carboxylic acids is 1. The van der Waals surface area contributed by atoms with Crippen molar-refractivity contribution in [2.45, 2.75) is 6.42 Å². The first-order valence-electron chi connectivity index (χ1n) is 7.85. The Morgan fingerprint density at radius 1 is 1.24 bits per heavy atom. The average Bonchev–Trinajstić information content (AvgIpc) is 2.97. The van der Waals surface area contributed by atoms with Crippen LogP contribution in [-0.2, 0) is 13.5 Å². The smallest absolute Gasteiger partial charge is 0.289 e. The molecule has 0 aliphatic carbocycles. The van der Waals surface area contributed by atoms with E-state index in [0.29, 0.717) is 29.5 Å². The molecule has 2 aromatic heterocycles. The summed E-state index contributed by atoms with van der Waals surface area (Å²) in [6, 6.07) is 7.55. The molecule has 8 heteroatoms. The molecule has 3 aromatic rings. The zero-order valence-corrected chi connectivity index (χ0v) is 15.1. The predicted molar refractivity (Wildman–Crippen MR) is 98.1 cm³/mol. The molecular formula is C17H19ClN6O. The van der Waals surface area contributed by atoms with Crippen LogP contribution >= 0.6 is 11.6 Å². The van der Waals surface area contributed by atoms with E-state index in [1.54, 1.807) is 17.9 Å². The summed E-state index contributed by atoms with van der Waals surface area (Å²) in [5.74, 6) is 0.497. The maximum atomic E-state index is 12.4. The zero-order chi connectivity index (χ0) is 18.0. The van der Waals surface area contributed by atoms with E-state index in [4.69, 9.17) is 11.6 Å². The van der Waals surface area contributed by atoms with Gasteiger partial charge in [0.15, 0.2) is 5.65 Å². The maximum Gasteiger partial charge on any atom is 0.289 e. The van der Waals surface area contributed by atoms with E-state index >= 15 is 0 Å². The first-order chi connectivity index (χ1) is 12.0. The first-order valence-corrected chi connectivity index (χ1v) is 8.23. The van der Waals surface area contributed by atoms with Gasteiger partial charge in [-0.3, -0.25) is 9.48 Å². The number of nitrogens with one attached hydrogen (secondary N) is 1. The minimum absolute atomic E-state index is 0.135. The number of aromatic nitrogens is 4. The van der Waals surface area contributed by atoms with Crippen LogP contribution in [-0.4, -0.2) is 46.3 Å². The van der Waals surface area contributed by atoms with Crippen LogP contribution < -0.4 is 10.2 Å². The van der Waals surface area contributed by atoms with Crippen LogP contribution in [0.4, 0.5) is 5.82 Å². The molecule has 0 radical (unpaired) electrons. The van der Waals surface area contributed by atoms with Gasteiger partial charge in [0.05, 0.1) is 11.6 Å². The van der Waals surface area contributed by atoms with Gasteiger partial charge in [-0.15, -0.1) is 0 Å². The predicted octanol–water partition coefficient (Wildman–Crippen LogP) is 2.06. The lowest BCUT2D eigenvalue weighted by molar-refractivity contribution is 0.0944. The maximum absolute atomic E-state index is 12.4. The zero-order valence-electron chi connectivity index (χ0n) is 14.3. The first kappa shape index (κ1) is 17.2. The van der Waals surface area contributed by atoms with Crippen LogP contribution in [0.1, 0.15) is 16.2 Å². The van der Waals surface area contributed by atoms with E-state index < -0.39 is 0 Å². The fraction of sp³-hybridized carbons (Fsp3) is 0.294. The Balaban J connectivity index is 1.75. The summed E-state index contributed by atoms with van der Waals surface area (Å²) in [6.07, 6.45) is 2.41. The number of hydrogen-bond acceptors (Lipinski definition) is 5. The van der Waals surface area contributed by atoms with Crippen LogP contribution in [0, 0.1) is 0 Å². The van der Waals surface area contributed by atoms with E-state index in [0.717, 1.165) is 10.9 Å². The third-order valence-electron chi connectivity index (χ3n) is 3.81. The van der Waals surface area contributed by atoms with E-state index in [2.05, 4.69) is 20.4 Å². The number of anilines is 1. The second-order valence-corrected chi connectivity index (χ2v) is 6.34. The fourth-order valence-electron chi connectivity index (χ4n) is 2.50. The highest BCUT2D eigenvalue weighted by atomic mass is 35.5. The van der Waals surface area contributed by atoms with Crippen LogP contribution in [0.15, 0.2) is 30.5 Å². The van der Waals surface area contributed by atoms with Crippen LogP contribution in [0.3, 0.4) is 0 Å². The summed E-state index contributed by atoms with van der Waals surface area (Å²) in [5.41, 5.74) is 1.73. The van der Waals surface area contributed by atoms with Gasteiger partial charge in [-0.25, -0.2) is 9.97 Å². The van der Waals surface area contributed by atoms with Crippen molar-refractivity contribution in [1.29, 1.82) is 0 Å². The third-order valence-corrected chi connectivity index (χ3v) is 4.06. The van der Waals surface area contributed by atoms with Crippen molar-refractivity contribution < 1.29 is 4.79 Å². The minimum Gasteiger partial charge on any atom is -0.362 e. The number of halogens is 1. The average molecular weight is 359 g/mol. The lowest BCUT2D eigenvalue weighted by Gasteiger charge is -2.13. The molecule has 0 atom stereocenters. The summed E-state index contributed by atoms with van der Waals surface area (Å²) in [5, 5.41) is 8.56. The molecule has 0 fully saturated rings. The molecule has 3 rings (SSSR count). The monoisotopic (exact) mass is 358 g/mol. The number of fused-ring (bicyclic) bond motifs is 1. The number of carbonyl (C=O) groups is 1. The van der Waals surface area contributed by atoms with Gasteiger partial charge < -0.3 is 10.2 Å². The Hall–Kier alpha value is -2.67. The quantitative estimate of drug-likeness (QED) is 0.755. The highest BCUT2D eigenvalue weighted by Gasteiger charge is 2.17. The molecule has 0 aliphatic rings. The van der Waals surface area contributed by atoms with Crippen molar-refractivity contribution >= 4 is 34.4 Å². The van der Waals surface area contributed by atoms with Gasteiger partial charge in [0.1, 0.15) is 5.82 Å². The van der Waals surface area contributed by atoms with Crippen LogP contribution in [0.2, 0.25) is 5.02 Å². The van der Waals surface area contributed by atoms with Gasteiger partial charge in [0, 0.05) is 32.7 Å². The minimum atomic E-state index is -0.305. The van der Waals surface area contributed by atoms with Crippen LogP contribution in [0.5, 0.6) is 0 Å². The summed E-state index contributed by atoms with van der Waals surface area (Å²) < 4.78 is 1.63. The molecule has 7 nitrogen and oxygen atoms in total. The summed E-state index contributed by atoms with van der Waals surface area (Å²) in [4.78, 5) is 23.0.